The topological polar surface area (TPSA) is 57.6 Å². The van der Waals surface area contributed by atoms with Crippen LogP contribution in [0.15, 0.2) is 10.2 Å². The van der Waals surface area contributed by atoms with Gasteiger partial charge in [-0.05, 0) is 26.7 Å². The van der Waals surface area contributed by atoms with Crippen LogP contribution in [0.25, 0.3) is 0 Å². The lowest BCUT2D eigenvalue weighted by Crippen LogP contribution is -2.54. The zero-order valence-electron chi connectivity index (χ0n) is 14.0. The van der Waals surface area contributed by atoms with Crippen LogP contribution in [-0.4, -0.2) is 65.1 Å². The second-order valence-electron chi connectivity index (χ2n) is 6.63. The number of hydrogen-bond acceptors (Lipinski definition) is 5. The Labute approximate surface area is 141 Å². The Kier molecular flexibility index (Phi) is 5.18. The third-order valence-corrected chi connectivity index (χ3v) is 5.76. The van der Waals surface area contributed by atoms with Crippen LogP contribution in [0.3, 0.4) is 0 Å². The number of amides is 1. The molecule has 1 aliphatic carbocycles. The molecule has 1 N–H and O–H groups in total. The average Bonchev–Trinajstić information content (AvgIpc) is 3.31. The van der Waals surface area contributed by atoms with Gasteiger partial charge in [-0.1, -0.05) is 11.3 Å². The molecular weight excluding hydrogens is 312 g/mol. The van der Waals surface area contributed by atoms with Crippen molar-refractivity contribution in [1.82, 2.24) is 19.7 Å². The Hall–Kier alpha value is -1.18. The van der Waals surface area contributed by atoms with Gasteiger partial charge >= 0.3 is 4.87 Å². The van der Waals surface area contributed by atoms with Crippen LogP contribution in [0.1, 0.15) is 25.5 Å². The molecule has 3 rings (SSSR count). The molecule has 23 heavy (non-hydrogen) atoms. The van der Waals surface area contributed by atoms with E-state index in [0.717, 1.165) is 57.8 Å². The highest BCUT2D eigenvalue weighted by Crippen LogP contribution is 2.19. The summed E-state index contributed by atoms with van der Waals surface area (Å²) < 4.78 is 1.85. The van der Waals surface area contributed by atoms with Crippen LogP contribution in [0.4, 0.5) is 0 Å². The molecule has 2 heterocycles. The zero-order valence-corrected chi connectivity index (χ0v) is 14.8. The molecule has 7 heteroatoms. The fraction of sp³-hybridized carbons (Fsp3) is 0.750. The van der Waals surface area contributed by atoms with Gasteiger partial charge in [-0.3, -0.25) is 19.4 Å². The molecule has 0 spiro atoms. The highest BCUT2D eigenvalue weighted by Gasteiger charge is 2.29. The highest BCUT2D eigenvalue weighted by molar-refractivity contribution is 7.07. The maximum Gasteiger partial charge on any atom is 0.307 e. The summed E-state index contributed by atoms with van der Waals surface area (Å²) in [5, 5.41) is 5.00. The van der Waals surface area contributed by atoms with E-state index in [-0.39, 0.29) is 16.8 Å². The Morgan fingerprint density at radius 3 is 2.57 bits per heavy atom. The zero-order chi connectivity index (χ0) is 16.4. The molecule has 2 aliphatic rings. The summed E-state index contributed by atoms with van der Waals surface area (Å²) in [4.78, 5) is 28.6. The van der Waals surface area contributed by atoms with Crippen molar-refractivity contribution in [1.29, 1.82) is 0 Å². The molecule has 1 aromatic heterocycles. The molecule has 1 amide bonds. The average molecular weight is 338 g/mol. The second kappa shape index (κ2) is 7.15. The highest BCUT2D eigenvalue weighted by atomic mass is 32.1. The van der Waals surface area contributed by atoms with Gasteiger partial charge in [-0.25, -0.2) is 0 Å². The maximum absolute atomic E-state index is 12.1. The first-order chi connectivity index (χ1) is 11.0. The Morgan fingerprint density at radius 1 is 1.30 bits per heavy atom. The molecule has 6 nitrogen and oxygen atoms in total. The largest absolute Gasteiger partial charge is 0.352 e. The molecule has 1 aliphatic heterocycles. The van der Waals surface area contributed by atoms with Crippen molar-refractivity contribution in [3.05, 3.63) is 20.7 Å². The van der Waals surface area contributed by atoms with Crippen LogP contribution in [0, 0.1) is 6.92 Å². The summed E-state index contributed by atoms with van der Waals surface area (Å²) in [5.74, 6) is 0.168. The van der Waals surface area contributed by atoms with Crippen LogP contribution in [-0.2, 0) is 11.3 Å². The van der Waals surface area contributed by atoms with Crippen molar-refractivity contribution in [3.63, 3.8) is 0 Å². The number of aryl methyl sites for hydroxylation is 1. The number of nitrogens with one attached hydrogen (secondary N) is 1. The van der Waals surface area contributed by atoms with Crippen LogP contribution < -0.4 is 10.2 Å². The number of aromatic nitrogens is 1. The number of rotatable bonds is 6. The molecule has 1 saturated carbocycles. The summed E-state index contributed by atoms with van der Waals surface area (Å²) in [6, 6.07) is 0.387. The molecule has 2 fully saturated rings. The third kappa shape index (κ3) is 4.22. The monoisotopic (exact) mass is 338 g/mol. The normalized spacial score (nSPS) is 21.3. The van der Waals surface area contributed by atoms with Crippen molar-refractivity contribution < 1.29 is 4.79 Å². The van der Waals surface area contributed by atoms with Crippen LogP contribution in [0.5, 0.6) is 0 Å². The SMILES string of the molecule is Cc1csc(=O)n1CCN1CCN([C@H](C)C(=O)NC2CC2)CC1. The van der Waals surface area contributed by atoms with E-state index in [0.29, 0.717) is 6.04 Å². The lowest BCUT2D eigenvalue weighted by molar-refractivity contribution is -0.126. The Balaban J connectivity index is 1.43. The molecule has 0 unspecified atom stereocenters. The van der Waals surface area contributed by atoms with Gasteiger partial charge < -0.3 is 9.88 Å². The minimum atomic E-state index is -0.0421. The lowest BCUT2D eigenvalue weighted by atomic mass is 10.2. The van der Waals surface area contributed by atoms with Gasteiger partial charge in [0.05, 0.1) is 6.04 Å². The van der Waals surface area contributed by atoms with Gasteiger partial charge in [0.1, 0.15) is 0 Å². The van der Waals surface area contributed by atoms with Gasteiger partial charge in [0.2, 0.25) is 5.91 Å². The molecule has 128 valence electrons. The van der Waals surface area contributed by atoms with E-state index in [2.05, 4.69) is 15.1 Å². The number of thiazole rings is 1. The maximum atomic E-state index is 12.1. The van der Waals surface area contributed by atoms with E-state index < -0.39 is 0 Å². The quantitative estimate of drug-likeness (QED) is 0.821. The first kappa shape index (κ1) is 16.7. The van der Waals surface area contributed by atoms with Crippen molar-refractivity contribution in [3.8, 4) is 0 Å². The number of nitrogens with zero attached hydrogens (tertiary/aromatic N) is 3. The van der Waals surface area contributed by atoms with E-state index in [1.54, 1.807) is 0 Å². The van der Waals surface area contributed by atoms with Crippen LogP contribution >= 0.6 is 11.3 Å². The molecule has 1 saturated heterocycles. The summed E-state index contributed by atoms with van der Waals surface area (Å²) in [7, 11) is 0. The number of hydrogen-bond donors (Lipinski definition) is 1. The summed E-state index contributed by atoms with van der Waals surface area (Å²) in [6.07, 6.45) is 2.27. The molecule has 0 bridgehead atoms. The molecule has 1 aromatic rings. The van der Waals surface area contributed by atoms with E-state index >= 15 is 0 Å². The Morgan fingerprint density at radius 2 is 2.00 bits per heavy atom. The van der Waals surface area contributed by atoms with Gasteiger partial charge in [-0.2, -0.15) is 0 Å². The third-order valence-electron chi connectivity index (χ3n) is 4.87. The minimum absolute atomic E-state index is 0.0421. The Bertz CT molecular complexity index is 599. The predicted octanol–water partition coefficient (Wildman–Crippen LogP) is 0.503. The van der Waals surface area contributed by atoms with Gasteiger partial charge in [-0.15, -0.1) is 0 Å². The van der Waals surface area contributed by atoms with Crippen molar-refractivity contribution in [2.45, 2.75) is 45.3 Å². The molecule has 0 aromatic carbocycles. The van der Waals surface area contributed by atoms with Crippen LogP contribution in [0.2, 0.25) is 0 Å². The molecule has 1 atom stereocenters. The predicted molar refractivity (Wildman–Crippen MR) is 92.0 cm³/mol. The van der Waals surface area contributed by atoms with E-state index in [9.17, 15) is 9.59 Å². The fourth-order valence-corrected chi connectivity index (χ4v) is 3.77. The van der Waals surface area contributed by atoms with E-state index in [1.807, 2.05) is 23.8 Å². The van der Waals surface area contributed by atoms with E-state index in [1.165, 1.54) is 11.3 Å². The van der Waals surface area contributed by atoms with Crippen molar-refractivity contribution in [2.75, 3.05) is 32.7 Å². The van der Waals surface area contributed by atoms with Gasteiger partial charge in [0.25, 0.3) is 0 Å². The summed E-state index contributed by atoms with van der Waals surface area (Å²) in [5.41, 5.74) is 1.05. The summed E-state index contributed by atoms with van der Waals surface area (Å²) >= 11 is 1.27. The minimum Gasteiger partial charge on any atom is -0.352 e. The fourth-order valence-electron chi connectivity index (χ4n) is 3.01. The number of carbonyl (C=O) groups excluding carboxylic acids is 1. The summed E-state index contributed by atoms with van der Waals surface area (Å²) in [6.45, 7) is 9.38. The standard InChI is InChI=1S/C16H26N4O2S/c1-12-11-23-16(22)20(12)10-7-18-5-8-19(9-6-18)13(2)15(21)17-14-3-4-14/h11,13-14H,3-10H2,1-2H3,(H,17,21)/t13-/m1/s1. The first-order valence-corrected chi connectivity index (χ1v) is 9.34. The first-order valence-electron chi connectivity index (χ1n) is 8.46. The lowest BCUT2D eigenvalue weighted by Gasteiger charge is -2.37. The van der Waals surface area contributed by atoms with Crippen molar-refractivity contribution >= 4 is 17.2 Å². The molecular formula is C16H26N4O2S. The number of carbonyl (C=O) groups is 1. The van der Waals surface area contributed by atoms with Crippen molar-refractivity contribution in [2.24, 2.45) is 0 Å². The second-order valence-corrected chi connectivity index (χ2v) is 7.45. The molecule has 0 radical (unpaired) electrons. The van der Waals surface area contributed by atoms with E-state index in [4.69, 9.17) is 0 Å². The smallest absolute Gasteiger partial charge is 0.307 e. The number of piperazine rings is 1. The van der Waals surface area contributed by atoms with Gasteiger partial charge in [0.15, 0.2) is 0 Å². The van der Waals surface area contributed by atoms with Gasteiger partial charge in [0, 0.05) is 56.4 Å².